The molecule has 7 aliphatic rings. The zero-order chi connectivity index (χ0) is 30.7. The van der Waals surface area contributed by atoms with Gasteiger partial charge >= 0.3 is 0 Å². The lowest BCUT2D eigenvalue weighted by Gasteiger charge is -2.67. The molecule has 3 aliphatic heterocycles. The van der Waals surface area contributed by atoms with Gasteiger partial charge in [0.25, 0.3) is 0 Å². The Kier molecular flexibility index (Phi) is 7.66. The molecule has 0 bridgehead atoms. The summed E-state index contributed by atoms with van der Waals surface area (Å²) in [5, 5.41) is 64.2. The van der Waals surface area contributed by atoms with E-state index in [1.54, 1.807) is 0 Å². The van der Waals surface area contributed by atoms with E-state index in [0.29, 0.717) is 36.0 Å². The van der Waals surface area contributed by atoms with Gasteiger partial charge in [-0.25, -0.2) is 0 Å². The Balaban J connectivity index is 1.17. The second-order valence-electron chi connectivity index (χ2n) is 16.1. The summed E-state index contributed by atoms with van der Waals surface area (Å²) in [5.74, 6) is 1.76. The molecule has 0 aromatic carbocycles. The summed E-state index contributed by atoms with van der Waals surface area (Å²) in [6.45, 7) is 9.36. The first-order valence-electron chi connectivity index (χ1n) is 17.0. The van der Waals surface area contributed by atoms with Gasteiger partial charge in [0.05, 0.1) is 37.1 Å². The third kappa shape index (κ3) is 4.27. The molecule has 4 saturated carbocycles. The topological polar surface area (TPSA) is 158 Å². The summed E-state index contributed by atoms with van der Waals surface area (Å²) < 4.78 is 25.9. The SMILES string of the molecule is CC1CCC2(OC1)OC1CC3C4CCC5(OC6OC(CO)C(O)C(O)C6O)CC(O)CC(O)C5(C)C4CCC3(C)C1C2C. The molecule has 18 unspecified atom stereocenters. The molecule has 1 spiro atoms. The van der Waals surface area contributed by atoms with Crippen LogP contribution in [-0.4, -0.2) is 104 Å². The summed E-state index contributed by atoms with van der Waals surface area (Å²) in [7, 11) is 0. The molecular weight excluding hydrogens is 556 g/mol. The highest BCUT2D eigenvalue weighted by molar-refractivity contribution is 5.20. The summed E-state index contributed by atoms with van der Waals surface area (Å²) in [5.41, 5.74) is -1.64. The summed E-state index contributed by atoms with van der Waals surface area (Å²) in [4.78, 5) is 0. The van der Waals surface area contributed by atoms with Crippen LogP contribution in [0.5, 0.6) is 0 Å². The first-order valence-corrected chi connectivity index (χ1v) is 17.0. The monoisotopic (exact) mass is 610 g/mol. The number of aliphatic hydroxyl groups excluding tert-OH is 6. The lowest BCUT2D eigenvalue weighted by Crippen LogP contribution is -2.71. The van der Waals surface area contributed by atoms with Gasteiger partial charge in [-0.15, -0.1) is 0 Å². The third-order valence-electron chi connectivity index (χ3n) is 14.3. The van der Waals surface area contributed by atoms with Crippen molar-refractivity contribution in [2.75, 3.05) is 13.2 Å². The molecule has 7 rings (SSSR count). The minimum Gasteiger partial charge on any atom is -0.394 e. The van der Waals surface area contributed by atoms with Crippen LogP contribution in [0, 0.1) is 46.3 Å². The fraction of sp³-hybridized carbons (Fsp3) is 1.00. The van der Waals surface area contributed by atoms with E-state index in [1.165, 1.54) is 0 Å². The second-order valence-corrected chi connectivity index (χ2v) is 16.1. The summed E-state index contributed by atoms with van der Waals surface area (Å²) in [6, 6.07) is 0. The highest BCUT2D eigenvalue weighted by atomic mass is 16.7. The van der Waals surface area contributed by atoms with Crippen molar-refractivity contribution in [3.05, 3.63) is 0 Å². The number of aliphatic hydroxyl groups is 6. The maximum atomic E-state index is 11.8. The molecule has 10 nitrogen and oxygen atoms in total. The quantitative estimate of drug-likeness (QED) is 0.260. The van der Waals surface area contributed by atoms with Crippen LogP contribution in [0.2, 0.25) is 0 Å². The maximum Gasteiger partial charge on any atom is 0.187 e. The smallest absolute Gasteiger partial charge is 0.187 e. The Morgan fingerprint density at radius 2 is 1.63 bits per heavy atom. The molecule has 3 saturated heterocycles. The molecular formula is C33H54O10. The zero-order valence-electron chi connectivity index (χ0n) is 26.2. The fourth-order valence-electron chi connectivity index (χ4n) is 11.9. The van der Waals surface area contributed by atoms with Crippen LogP contribution in [0.15, 0.2) is 0 Å². The molecule has 43 heavy (non-hydrogen) atoms. The normalized spacial score (nSPS) is 61.5. The van der Waals surface area contributed by atoms with E-state index >= 15 is 0 Å². The highest BCUT2D eigenvalue weighted by Gasteiger charge is 2.72. The Hall–Kier alpha value is -0.400. The predicted molar refractivity (Wildman–Crippen MR) is 153 cm³/mol. The van der Waals surface area contributed by atoms with Gasteiger partial charge in [0.2, 0.25) is 0 Å². The molecule has 0 radical (unpaired) electrons. The van der Waals surface area contributed by atoms with Gasteiger partial charge in [-0.05, 0) is 80.0 Å². The van der Waals surface area contributed by atoms with Crippen molar-refractivity contribution in [2.45, 2.75) is 146 Å². The lowest BCUT2D eigenvalue weighted by atomic mass is 9.42. The van der Waals surface area contributed by atoms with Crippen LogP contribution in [0.25, 0.3) is 0 Å². The Bertz CT molecular complexity index is 1050. The molecule has 7 fully saturated rings. The van der Waals surface area contributed by atoms with Crippen LogP contribution in [0.3, 0.4) is 0 Å². The average Bonchev–Trinajstić information content (AvgIpc) is 3.41. The lowest BCUT2D eigenvalue weighted by molar-refractivity contribution is -0.371. The molecule has 18 atom stereocenters. The van der Waals surface area contributed by atoms with Crippen molar-refractivity contribution in [3.8, 4) is 0 Å². The van der Waals surface area contributed by atoms with Crippen LogP contribution in [-0.2, 0) is 18.9 Å². The second kappa shape index (κ2) is 10.6. The maximum absolute atomic E-state index is 11.8. The van der Waals surface area contributed by atoms with Crippen LogP contribution in [0.1, 0.15) is 85.5 Å². The zero-order valence-corrected chi connectivity index (χ0v) is 26.2. The number of rotatable bonds is 3. The fourth-order valence-corrected chi connectivity index (χ4v) is 11.9. The third-order valence-corrected chi connectivity index (χ3v) is 14.3. The van der Waals surface area contributed by atoms with E-state index in [2.05, 4.69) is 27.7 Å². The first-order chi connectivity index (χ1) is 20.3. The van der Waals surface area contributed by atoms with Gasteiger partial charge < -0.3 is 49.6 Å². The highest BCUT2D eigenvalue weighted by Crippen LogP contribution is 2.72. The van der Waals surface area contributed by atoms with Crippen molar-refractivity contribution in [3.63, 3.8) is 0 Å². The van der Waals surface area contributed by atoms with E-state index in [-0.39, 0.29) is 30.3 Å². The molecule has 10 heteroatoms. The van der Waals surface area contributed by atoms with Crippen molar-refractivity contribution in [1.29, 1.82) is 0 Å². The van der Waals surface area contributed by atoms with Gasteiger partial charge in [-0.1, -0.05) is 27.7 Å². The van der Waals surface area contributed by atoms with Gasteiger partial charge in [0.1, 0.15) is 24.4 Å². The molecule has 6 N–H and O–H groups in total. The standard InChI is InChI=1S/C33H54O10/c1-16-5-10-33(40-15-16)17(2)25-22(42-33)12-21-19-6-9-32(43-29-28(39)27(38)26(37)23(14-34)41-29)13-18(35)11-24(36)31(32,4)20(19)7-8-30(21,25)3/h16-29,34-39H,5-15H2,1-4H3. The van der Waals surface area contributed by atoms with Crippen LogP contribution in [0.4, 0.5) is 0 Å². The summed E-state index contributed by atoms with van der Waals surface area (Å²) >= 11 is 0. The van der Waals surface area contributed by atoms with Crippen molar-refractivity contribution >= 4 is 0 Å². The van der Waals surface area contributed by atoms with Crippen LogP contribution < -0.4 is 0 Å². The Morgan fingerprint density at radius 3 is 2.33 bits per heavy atom. The molecule has 4 aliphatic carbocycles. The molecule has 0 aromatic heterocycles. The summed E-state index contributed by atoms with van der Waals surface area (Å²) in [6.07, 6.45) is -1.44. The van der Waals surface area contributed by atoms with Crippen molar-refractivity contribution < 1.29 is 49.6 Å². The van der Waals surface area contributed by atoms with E-state index < -0.39 is 66.3 Å². The number of hydrogen-bond donors (Lipinski definition) is 6. The first kappa shape index (κ1) is 31.2. The van der Waals surface area contributed by atoms with E-state index in [4.69, 9.17) is 18.9 Å². The van der Waals surface area contributed by atoms with Gasteiger partial charge in [0, 0.05) is 24.2 Å². The largest absolute Gasteiger partial charge is 0.394 e. The number of hydrogen-bond acceptors (Lipinski definition) is 10. The number of ether oxygens (including phenoxy) is 4. The van der Waals surface area contributed by atoms with Gasteiger partial charge in [-0.3, -0.25) is 0 Å². The molecule has 246 valence electrons. The average molecular weight is 611 g/mol. The van der Waals surface area contributed by atoms with Gasteiger partial charge in [-0.2, -0.15) is 0 Å². The minimum atomic E-state index is -1.55. The van der Waals surface area contributed by atoms with Gasteiger partial charge in [0.15, 0.2) is 12.1 Å². The Morgan fingerprint density at radius 1 is 0.860 bits per heavy atom. The molecule has 0 amide bonds. The van der Waals surface area contributed by atoms with Crippen LogP contribution >= 0.6 is 0 Å². The van der Waals surface area contributed by atoms with E-state index in [9.17, 15) is 30.6 Å². The Labute approximate surface area is 255 Å². The molecule has 3 heterocycles. The predicted octanol–water partition coefficient (Wildman–Crippen LogP) is 1.70. The van der Waals surface area contributed by atoms with Crippen molar-refractivity contribution in [1.82, 2.24) is 0 Å². The van der Waals surface area contributed by atoms with Crippen molar-refractivity contribution in [2.24, 2.45) is 46.3 Å². The van der Waals surface area contributed by atoms with E-state index in [0.717, 1.165) is 45.1 Å². The van der Waals surface area contributed by atoms with E-state index in [1.807, 2.05) is 0 Å². The minimum absolute atomic E-state index is 0.106. The number of fused-ring (bicyclic) bond motifs is 7. The molecule has 0 aromatic rings.